The van der Waals surface area contributed by atoms with Gasteiger partial charge in [0.05, 0.1) is 6.61 Å². The minimum atomic E-state index is 0.702. The predicted molar refractivity (Wildman–Crippen MR) is 58.1 cm³/mol. The maximum Gasteiger partial charge on any atom is 0.124 e. The molecule has 72 valence electrons. The Balaban J connectivity index is 2.89. The average Bonchev–Trinajstić information content (AvgIpc) is 2.10. The Morgan fingerprint density at radius 1 is 1.46 bits per heavy atom. The van der Waals surface area contributed by atoms with Gasteiger partial charge in [0.15, 0.2) is 0 Å². The number of benzene rings is 1. The zero-order valence-corrected chi connectivity index (χ0v) is 9.52. The molecule has 0 aliphatic carbocycles. The lowest BCUT2D eigenvalue weighted by Gasteiger charge is -2.09. The summed E-state index contributed by atoms with van der Waals surface area (Å²) in [6.45, 7) is 3.53. The first kappa shape index (κ1) is 10.5. The zero-order valence-electron chi connectivity index (χ0n) is 7.93. The molecule has 0 atom stereocenters. The van der Waals surface area contributed by atoms with E-state index in [2.05, 4.69) is 27.3 Å². The molecule has 1 N–H and O–H groups in total. The first-order valence-electron chi connectivity index (χ1n) is 4.33. The van der Waals surface area contributed by atoms with E-state index in [4.69, 9.17) is 4.74 Å². The molecule has 1 aromatic carbocycles. The van der Waals surface area contributed by atoms with Gasteiger partial charge in [-0.15, -0.1) is 0 Å². The van der Waals surface area contributed by atoms with Gasteiger partial charge in [-0.1, -0.05) is 22.0 Å². The van der Waals surface area contributed by atoms with Crippen molar-refractivity contribution < 1.29 is 4.74 Å². The molecule has 0 saturated heterocycles. The summed E-state index contributed by atoms with van der Waals surface area (Å²) in [5.41, 5.74) is 1.19. The molecule has 0 bridgehead atoms. The van der Waals surface area contributed by atoms with Crippen molar-refractivity contribution in [3.05, 3.63) is 28.2 Å². The summed E-state index contributed by atoms with van der Waals surface area (Å²) in [5, 5.41) is 3.11. The molecule has 13 heavy (non-hydrogen) atoms. The molecule has 0 spiro atoms. The molecular formula is C10H14BrNO. The van der Waals surface area contributed by atoms with Gasteiger partial charge in [-0.3, -0.25) is 0 Å². The highest BCUT2D eigenvalue weighted by molar-refractivity contribution is 9.10. The van der Waals surface area contributed by atoms with E-state index in [-0.39, 0.29) is 0 Å². The molecular weight excluding hydrogens is 230 g/mol. The van der Waals surface area contributed by atoms with E-state index in [1.54, 1.807) is 0 Å². The normalized spacial score (nSPS) is 10.1. The maximum absolute atomic E-state index is 5.50. The summed E-state index contributed by atoms with van der Waals surface area (Å²) in [5.74, 6) is 0.950. The number of hydrogen-bond donors (Lipinski definition) is 1. The van der Waals surface area contributed by atoms with Crippen molar-refractivity contribution in [1.82, 2.24) is 5.32 Å². The van der Waals surface area contributed by atoms with Crippen LogP contribution in [0.4, 0.5) is 0 Å². The number of ether oxygens (including phenoxy) is 1. The third-order valence-corrected chi connectivity index (χ3v) is 2.19. The maximum atomic E-state index is 5.50. The second kappa shape index (κ2) is 5.25. The fourth-order valence-corrected chi connectivity index (χ4v) is 1.49. The van der Waals surface area contributed by atoms with Crippen LogP contribution in [0, 0.1) is 0 Å². The summed E-state index contributed by atoms with van der Waals surface area (Å²) < 4.78 is 6.55. The van der Waals surface area contributed by atoms with Crippen molar-refractivity contribution in [3.8, 4) is 5.75 Å². The van der Waals surface area contributed by atoms with Crippen molar-refractivity contribution in [3.63, 3.8) is 0 Å². The second-order valence-corrected chi connectivity index (χ2v) is 3.63. The van der Waals surface area contributed by atoms with Gasteiger partial charge in [-0.25, -0.2) is 0 Å². The van der Waals surface area contributed by atoms with Gasteiger partial charge in [0, 0.05) is 16.6 Å². The van der Waals surface area contributed by atoms with Crippen LogP contribution in [0.5, 0.6) is 5.75 Å². The summed E-state index contributed by atoms with van der Waals surface area (Å²) in [7, 11) is 1.93. The first-order chi connectivity index (χ1) is 6.27. The highest BCUT2D eigenvalue weighted by Gasteiger charge is 2.02. The minimum Gasteiger partial charge on any atom is -0.494 e. The van der Waals surface area contributed by atoms with E-state index in [0.717, 1.165) is 16.8 Å². The van der Waals surface area contributed by atoms with Gasteiger partial charge in [-0.05, 0) is 26.1 Å². The molecule has 0 radical (unpaired) electrons. The lowest BCUT2D eigenvalue weighted by molar-refractivity contribution is 0.335. The summed E-state index contributed by atoms with van der Waals surface area (Å²) in [6, 6.07) is 6.08. The molecule has 1 aromatic rings. The van der Waals surface area contributed by atoms with Crippen molar-refractivity contribution in [2.45, 2.75) is 13.5 Å². The molecule has 0 heterocycles. The molecule has 0 saturated carbocycles. The largest absolute Gasteiger partial charge is 0.494 e. The molecule has 0 unspecified atom stereocenters. The van der Waals surface area contributed by atoms with Gasteiger partial charge >= 0.3 is 0 Å². The van der Waals surface area contributed by atoms with Crippen molar-refractivity contribution in [1.29, 1.82) is 0 Å². The summed E-state index contributed by atoms with van der Waals surface area (Å²) in [4.78, 5) is 0. The van der Waals surface area contributed by atoms with Crippen molar-refractivity contribution >= 4 is 15.9 Å². The Labute approximate surface area is 87.4 Å². The van der Waals surface area contributed by atoms with E-state index in [9.17, 15) is 0 Å². The van der Waals surface area contributed by atoms with Crippen LogP contribution >= 0.6 is 15.9 Å². The van der Waals surface area contributed by atoms with Crippen LogP contribution in [0.15, 0.2) is 22.7 Å². The number of rotatable bonds is 4. The smallest absolute Gasteiger partial charge is 0.124 e. The lowest BCUT2D eigenvalue weighted by Crippen LogP contribution is -2.07. The van der Waals surface area contributed by atoms with Crippen molar-refractivity contribution in [2.24, 2.45) is 0 Å². The second-order valence-electron chi connectivity index (χ2n) is 2.72. The highest BCUT2D eigenvalue weighted by Crippen LogP contribution is 2.23. The highest BCUT2D eigenvalue weighted by atomic mass is 79.9. The van der Waals surface area contributed by atoms with Crippen LogP contribution in [0.3, 0.4) is 0 Å². The van der Waals surface area contributed by atoms with E-state index in [1.807, 2.05) is 26.1 Å². The van der Waals surface area contributed by atoms with Gasteiger partial charge in [-0.2, -0.15) is 0 Å². The van der Waals surface area contributed by atoms with Crippen LogP contribution in [-0.4, -0.2) is 13.7 Å². The molecule has 1 rings (SSSR count). The van der Waals surface area contributed by atoms with Crippen LogP contribution in [-0.2, 0) is 6.54 Å². The Hall–Kier alpha value is -0.540. The third kappa shape index (κ3) is 3.01. The standard InChI is InChI=1S/C10H14BrNO/c1-3-13-10-6-9(11)5-4-8(10)7-12-2/h4-6,12H,3,7H2,1-2H3. The predicted octanol–water partition coefficient (Wildman–Crippen LogP) is 2.57. The fraction of sp³-hybridized carbons (Fsp3) is 0.400. The molecule has 2 nitrogen and oxygen atoms in total. The Kier molecular flexibility index (Phi) is 4.25. The average molecular weight is 244 g/mol. The number of nitrogens with one attached hydrogen (secondary N) is 1. The number of hydrogen-bond acceptors (Lipinski definition) is 2. The Morgan fingerprint density at radius 2 is 2.23 bits per heavy atom. The third-order valence-electron chi connectivity index (χ3n) is 1.70. The van der Waals surface area contributed by atoms with Gasteiger partial charge in [0.25, 0.3) is 0 Å². The Bertz CT molecular complexity index is 276. The minimum absolute atomic E-state index is 0.702. The van der Waals surface area contributed by atoms with E-state index >= 15 is 0 Å². The first-order valence-corrected chi connectivity index (χ1v) is 5.13. The quantitative estimate of drug-likeness (QED) is 0.878. The van der Waals surface area contributed by atoms with Crippen molar-refractivity contribution in [2.75, 3.05) is 13.7 Å². The fourth-order valence-electron chi connectivity index (χ4n) is 1.15. The zero-order chi connectivity index (χ0) is 9.68. The lowest BCUT2D eigenvalue weighted by atomic mass is 10.2. The van der Waals surface area contributed by atoms with E-state index in [1.165, 1.54) is 5.56 Å². The van der Waals surface area contributed by atoms with E-state index < -0.39 is 0 Å². The molecule has 0 aromatic heterocycles. The molecule has 0 fully saturated rings. The molecule has 0 amide bonds. The molecule has 3 heteroatoms. The number of halogens is 1. The van der Waals surface area contributed by atoms with Crippen LogP contribution in [0.1, 0.15) is 12.5 Å². The summed E-state index contributed by atoms with van der Waals surface area (Å²) in [6.07, 6.45) is 0. The molecule has 0 aliphatic heterocycles. The van der Waals surface area contributed by atoms with Gasteiger partial charge in [0.2, 0.25) is 0 Å². The molecule has 0 aliphatic rings. The van der Waals surface area contributed by atoms with Gasteiger partial charge < -0.3 is 10.1 Å². The van der Waals surface area contributed by atoms with Gasteiger partial charge in [0.1, 0.15) is 5.75 Å². The summed E-state index contributed by atoms with van der Waals surface area (Å²) >= 11 is 3.42. The van der Waals surface area contributed by atoms with E-state index in [0.29, 0.717) is 6.61 Å². The Morgan fingerprint density at radius 3 is 2.85 bits per heavy atom. The van der Waals surface area contributed by atoms with Crippen LogP contribution in [0.25, 0.3) is 0 Å². The van der Waals surface area contributed by atoms with Crippen LogP contribution in [0.2, 0.25) is 0 Å². The monoisotopic (exact) mass is 243 g/mol. The topological polar surface area (TPSA) is 21.3 Å². The SMILES string of the molecule is CCOc1cc(Br)ccc1CNC. The van der Waals surface area contributed by atoms with Crippen LogP contribution < -0.4 is 10.1 Å².